The number of ether oxygens (including phenoxy) is 1. The fourth-order valence-electron chi connectivity index (χ4n) is 2.31. The van der Waals surface area contributed by atoms with E-state index in [1.165, 1.54) is 0 Å². The number of amides is 1. The van der Waals surface area contributed by atoms with Crippen LogP contribution in [0.5, 0.6) is 0 Å². The quantitative estimate of drug-likeness (QED) is 0.397. The van der Waals surface area contributed by atoms with Gasteiger partial charge in [-0.25, -0.2) is 0 Å². The molecule has 0 unspecified atom stereocenters. The van der Waals surface area contributed by atoms with Gasteiger partial charge in [-0.05, 0) is 49.1 Å². The Morgan fingerprint density at radius 1 is 1.07 bits per heavy atom. The van der Waals surface area contributed by atoms with E-state index in [1.807, 2.05) is 25.3 Å². The zero-order chi connectivity index (χ0) is 19.8. The summed E-state index contributed by atoms with van der Waals surface area (Å²) in [5, 5.41) is 3.22. The van der Waals surface area contributed by atoms with Gasteiger partial charge >= 0.3 is 5.97 Å². The molecule has 1 amide bonds. The van der Waals surface area contributed by atoms with Crippen molar-refractivity contribution in [1.82, 2.24) is 0 Å². The molecule has 0 aliphatic carbocycles. The van der Waals surface area contributed by atoms with Crippen LogP contribution in [0.25, 0.3) is 0 Å². The Balaban J connectivity index is 1.74. The lowest BCUT2D eigenvalue weighted by Crippen LogP contribution is -2.21. The maximum Gasteiger partial charge on any atom is 0.306 e. The number of Topliss-reactive ketones (excluding diaryl/α,β-unsaturated/α-hetero) is 1. The Morgan fingerprint density at radius 2 is 1.78 bits per heavy atom. The van der Waals surface area contributed by atoms with Crippen LogP contribution in [0.4, 0.5) is 5.69 Å². The number of rotatable bonds is 8. The first kappa shape index (κ1) is 21.0. The van der Waals surface area contributed by atoms with Crippen molar-refractivity contribution < 1.29 is 19.1 Å². The number of nitrogens with one attached hydrogen (secondary N) is 1. The van der Waals surface area contributed by atoms with Gasteiger partial charge in [-0.15, -0.1) is 11.8 Å². The molecule has 0 bridgehead atoms. The molecule has 0 aliphatic heterocycles. The summed E-state index contributed by atoms with van der Waals surface area (Å²) >= 11 is 7.45. The van der Waals surface area contributed by atoms with Gasteiger partial charge in [0.2, 0.25) is 0 Å². The summed E-state index contributed by atoms with van der Waals surface area (Å²) in [6, 6.07) is 12.3. The first-order chi connectivity index (χ1) is 12.9. The summed E-state index contributed by atoms with van der Waals surface area (Å²) < 4.78 is 4.93. The molecule has 2 aromatic rings. The molecule has 0 fully saturated rings. The van der Waals surface area contributed by atoms with Crippen LogP contribution in [0, 0.1) is 6.92 Å². The van der Waals surface area contributed by atoms with Crippen LogP contribution in [-0.2, 0) is 14.3 Å². The van der Waals surface area contributed by atoms with E-state index in [9.17, 15) is 14.4 Å². The topological polar surface area (TPSA) is 72.5 Å². The van der Waals surface area contributed by atoms with Crippen molar-refractivity contribution in [1.29, 1.82) is 0 Å². The minimum atomic E-state index is -0.591. The SMILES string of the molecule is CSc1ccc(C(=O)CCC(=O)OCC(=O)Nc2ccc(Cl)cc2C)cc1. The Hall–Kier alpha value is -2.31. The largest absolute Gasteiger partial charge is 0.456 e. The summed E-state index contributed by atoms with van der Waals surface area (Å²) in [7, 11) is 0. The molecule has 0 atom stereocenters. The highest BCUT2D eigenvalue weighted by atomic mass is 35.5. The zero-order valence-corrected chi connectivity index (χ0v) is 16.7. The highest BCUT2D eigenvalue weighted by molar-refractivity contribution is 7.98. The number of halogens is 1. The fourth-order valence-corrected chi connectivity index (χ4v) is 2.94. The second-order valence-corrected chi connectivity index (χ2v) is 7.14. The van der Waals surface area contributed by atoms with E-state index in [0.717, 1.165) is 10.5 Å². The van der Waals surface area contributed by atoms with Gasteiger partial charge in [0.05, 0.1) is 6.42 Å². The van der Waals surface area contributed by atoms with Crippen molar-refractivity contribution in [2.75, 3.05) is 18.2 Å². The summed E-state index contributed by atoms with van der Waals surface area (Å²) in [6.45, 7) is 1.41. The molecule has 0 heterocycles. The van der Waals surface area contributed by atoms with Gasteiger partial charge in [0, 0.05) is 27.6 Å². The van der Waals surface area contributed by atoms with E-state index in [0.29, 0.717) is 16.3 Å². The summed E-state index contributed by atoms with van der Waals surface area (Å²) in [4.78, 5) is 36.8. The maximum absolute atomic E-state index is 12.1. The third-order valence-electron chi connectivity index (χ3n) is 3.79. The van der Waals surface area contributed by atoms with E-state index in [-0.39, 0.29) is 18.6 Å². The average molecular weight is 406 g/mol. The van der Waals surface area contributed by atoms with Gasteiger partial charge in [0.15, 0.2) is 12.4 Å². The number of ketones is 1. The standard InChI is InChI=1S/C20H20ClNO4S/c1-13-11-15(21)5-8-17(13)22-19(24)12-26-20(25)10-9-18(23)14-3-6-16(27-2)7-4-14/h3-8,11H,9-10,12H2,1-2H3,(H,22,24). The number of hydrogen-bond donors (Lipinski definition) is 1. The van der Waals surface area contributed by atoms with Crippen LogP contribution in [0.3, 0.4) is 0 Å². The van der Waals surface area contributed by atoms with E-state index >= 15 is 0 Å². The predicted octanol–water partition coefficient (Wildman–Crippen LogP) is 4.52. The number of aryl methyl sites for hydroxylation is 1. The summed E-state index contributed by atoms with van der Waals surface area (Å²) in [5.74, 6) is -1.18. The molecular formula is C20H20ClNO4S. The Morgan fingerprint density at radius 3 is 2.41 bits per heavy atom. The first-order valence-electron chi connectivity index (χ1n) is 8.28. The van der Waals surface area contributed by atoms with Gasteiger partial charge < -0.3 is 10.1 Å². The van der Waals surface area contributed by atoms with Gasteiger partial charge in [0.25, 0.3) is 5.91 Å². The Kier molecular flexibility index (Phi) is 7.88. The van der Waals surface area contributed by atoms with Crippen LogP contribution >= 0.6 is 23.4 Å². The normalized spacial score (nSPS) is 10.3. The molecule has 0 aliphatic rings. The van der Waals surface area contributed by atoms with Crippen molar-refractivity contribution in [2.24, 2.45) is 0 Å². The molecule has 0 spiro atoms. The molecule has 2 rings (SSSR count). The lowest BCUT2D eigenvalue weighted by Gasteiger charge is -2.09. The average Bonchev–Trinajstić information content (AvgIpc) is 2.66. The molecule has 27 heavy (non-hydrogen) atoms. The minimum absolute atomic E-state index is 0.0371. The molecule has 5 nitrogen and oxygen atoms in total. The molecule has 0 radical (unpaired) electrons. The number of hydrogen-bond acceptors (Lipinski definition) is 5. The number of carbonyl (C=O) groups excluding carboxylic acids is 3. The fraction of sp³-hybridized carbons (Fsp3) is 0.250. The molecule has 1 N–H and O–H groups in total. The van der Waals surface area contributed by atoms with Gasteiger partial charge in [0.1, 0.15) is 0 Å². The van der Waals surface area contributed by atoms with Crippen LogP contribution in [0.15, 0.2) is 47.4 Å². The van der Waals surface area contributed by atoms with Crippen molar-refractivity contribution in [3.05, 3.63) is 58.6 Å². The van der Waals surface area contributed by atoms with Crippen LogP contribution in [0.1, 0.15) is 28.8 Å². The van der Waals surface area contributed by atoms with Gasteiger partial charge in [-0.3, -0.25) is 14.4 Å². The lowest BCUT2D eigenvalue weighted by atomic mass is 10.1. The molecule has 2 aromatic carbocycles. The second-order valence-electron chi connectivity index (χ2n) is 5.82. The summed E-state index contributed by atoms with van der Waals surface area (Å²) in [6.07, 6.45) is 1.92. The number of carbonyl (C=O) groups is 3. The lowest BCUT2D eigenvalue weighted by molar-refractivity contribution is -0.147. The van der Waals surface area contributed by atoms with E-state index in [2.05, 4.69) is 5.32 Å². The Bertz CT molecular complexity index is 836. The minimum Gasteiger partial charge on any atom is -0.456 e. The third kappa shape index (κ3) is 6.73. The summed E-state index contributed by atoms with van der Waals surface area (Å²) in [5.41, 5.74) is 1.96. The van der Waals surface area contributed by atoms with Gasteiger partial charge in [-0.1, -0.05) is 23.7 Å². The third-order valence-corrected chi connectivity index (χ3v) is 4.77. The monoisotopic (exact) mass is 405 g/mol. The smallest absolute Gasteiger partial charge is 0.306 e. The van der Waals surface area contributed by atoms with E-state index in [4.69, 9.17) is 16.3 Å². The maximum atomic E-state index is 12.1. The van der Waals surface area contributed by atoms with Crippen molar-refractivity contribution in [3.8, 4) is 0 Å². The number of esters is 1. The second kappa shape index (κ2) is 10.1. The number of benzene rings is 2. The molecule has 0 aromatic heterocycles. The highest BCUT2D eigenvalue weighted by Crippen LogP contribution is 2.19. The Labute approximate surface area is 167 Å². The van der Waals surface area contributed by atoms with Crippen molar-refractivity contribution >= 4 is 46.7 Å². The van der Waals surface area contributed by atoms with Crippen LogP contribution in [0.2, 0.25) is 5.02 Å². The zero-order valence-electron chi connectivity index (χ0n) is 15.1. The molecule has 7 heteroatoms. The van der Waals surface area contributed by atoms with Crippen LogP contribution in [-0.4, -0.2) is 30.5 Å². The number of anilines is 1. The molecule has 0 saturated heterocycles. The highest BCUT2D eigenvalue weighted by Gasteiger charge is 2.12. The van der Waals surface area contributed by atoms with Crippen molar-refractivity contribution in [3.63, 3.8) is 0 Å². The molecular weight excluding hydrogens is 386 g/mol. The van der Waals surface area contributed by atoms with Crippen molar-refractivity contribution in [2.45, 2.75) is 24.7 Å². The van der Waals surface area contributed by atoms with Gasteiger partial charge in [-0.2, -0.15) is 0 Å². The van der Waals surface area contributed by atoms with E-state index < -0.39 is 18.5 Å². The van der Waals surface area contributed by atoms with E-state index in [1.54, 1.807) is 42.1 Å². The number of thioether (sulfide) groups is 1. The molecule has 0 saturated carbocycles. The predicted molar refractivity (Wildman–Crippen MR) is 108 cm³/mol. The molecule has 142 valence electrons. The van der Waals surface area contributed by atoms with Crippen LogP contribution < -0.4 is 5.32 Å². The first-order valence-corrected chi connectivity index (χ1v) is 9.88.